The SMILES string of the molecule is CCC1CCCCN1C(=O)c1cc(Nc2cc(C)c(Cl)cc2OC)ncn1. The smallest absolute Gasteiger partial charge is 0.272 e. The molecule has 0 bridgehead atoms. The summed E-state index contributed by atoms with van der Waals surface area (Å²) < 4.78 is 5.39. The maximum atomic E-state index is 13.0. The third-order valence-corrected chi connectivity index (χ3v) is 5.40. The Labute approximate surface area is 164 Å². The van der Waals surface area contributed by atoms with Crippen molar-refractivity contribution in [1.82, 2.24) is 14.9 Å². The van der Waals surface area contributed by atoms with Crippen LogP contribution in [0.4, 0.5) is 11.5 Å². The maximum absolute atomic E-state index is 13.0. The van der Waals surface area contributed by atoms with Crippen LogP contribution in [0.2, 0.25) is 5.02 Å². The Morgan fingerprint density at radius 1 is 1.33 bits per heavy atom. The lowest BCUT2D eigenvalue weighted by Crippen LogP contribution is -2.43. The fourth-order valence-corrected chi connectivity index (χ4v) is 3.60. The second-order valence-corrected chi connectivity index (χ2v) is 7.18. The predicted octanol–water partition coefficient (Wildman–Crippen LogP) is 4.60. The van der Waals surface area contributed by atoms with Crippen LogP contribution < -0.4 is 10.1 Å². The molecule has 1 aromatic carbocycles. The van der Waals surface area contributed by atoms with Gasteiger partial charge in [0.05, 0.1) is 12.8 Å². The molecule has 7 heteroatoms. The van der Waals surface area contributed by atoms with Crippen molar-refractivity contribution in [2.45, 2.75) is 45.6 Å². The number of ether oxygens (including phenoxy) is 1. The monoisotopic (exact) mass is 388 g/mol. The lowest BCUT2D eigenvalue weighted by molar-refractivity contribution is 0.0602. The topological polar surface area (TPSA) is 67.4 Å². The molecular weight excluding hydrogens is 364 g/mol. The van der Waals surface area contributed by atoms with E-state index < -0.39 is 0 Å². The number of rotatable bonds is 5. The van der Waals surface area contributed by atoms with Crippen molar-refractivity contribution in [2.24, 2.45) is 0 Å². The Hall–Kier alpha value is -2.34. The molecule has 1 unspecified atom stereocenters. The summed E-state index contributed by atoms with van der Waals surface area (Å²) in [6, 6.07) is 5.62. The van der Waals surface area contributed by atoms with E-state index in [1.807, 2.05) is 17.9 Å². The average molecular weight is 389 g/mol. The van der Waals surface area contributed by atoms with E-state index in [4.69, 9.17) is 16.3 Å². The van der Waals surface area contributed by atoms with Gasteiger partial charge >= 0.3 is 0 Å². The molecule has 2 heterocycles. The van der Waals surface area contributed by atoms with Crippen LogP contribution in [0.1, 0.15) is 48.7 Å². The number of halogens is 1. The Morgan fingerprint density at radius 2 is 2.15 bits per heavy atom. The van der Waals surface area contributed by atoms with E-state index in [0.717, 1.165) is 37.1 Å². The third-order valence-electron chi connectivity index (χ3n) is 4.99. The van der Waals surface area contributed by atoms with Gasteiger partial charge in [0.2, 0.25) is 0 Å². The van der Waals surface area contributed by atoms with Crippen LogP contribution in [0.25, 0.3) is 0 Å². The molecule has 0 saturated carbocycles. The molecule has 1 aliphatic heterocycles. The minimum atomic E-state index is -0.0359. The predicted molar refractivity (Wildman–Crippen MR) is 107 cm³/mol. The van der Waals surface area contributed by atoms with Gasteiger partial charge in [-0.2, -0.15) is 0 Å². The second kappa shape index (κ2) is 8.57. The molecule has 27 heavy (non-hydrogen) atoms. The number of benzene rings is 1. The number of methoxy groups -OCH3 is 1. The zero-order chi connectivity index (χ0) is 19.4. The van der Waals surface area contributed by atoms with Gasteiger partial charge in [0.15, 0.2) is 0 Å². The van der Waals surface area contributed by atoms with Gasteiger partial charge in [0, 0.05) is 29.7 Å². The molecule has 0 radical (unpaired) electrons. The largest absolute Gasteiger partial charge is 0.495 e. The number of nitrogens with one attached hydrogen (secondary N) is 1. The molecule has 6 nitrogen and oxygen atoms in total. The van der Waals surface area contributed by atoms with Crippen LogP contribution in [0.5, 0.6) is 5.75 Å². The van der Waals surface area contributed by atoms with E-state index in [2.05, 4.69) is 22.2 Å². The van der Waals surface area contributed by atoms with Crippen molar-refractivity contribution < 1.29 is 9.53 Å². The Morgan fingerprint density at radius 3 is 2.89 bits per heavy atom. The standard InChI is InChI=1S/C20H25ClN4O2/c1-4-14-7-5-6-8-25(14)20(26)17-11-19(23-12-22-17)24-16-9-13(2)15(21)10-18(16)27-3/h9-12,14H,4-8H2,1-3H3,(H,22,23,24). The van der Waals surface area contributed by atoms with E-state index in [1.165, 1.54) is 12.7 Å². The summed E-state index contributed by atoms with van der Waals surface area (Å²) in [5.41, 5.74) is 2.06. The number of anilines is 2. The number of aryl methyl sites for hydroxylation is 1. The van der Waals surface area contributed by atoms with E-state index >= 15 is 0 Å². The van der Waals surface area contributed by atoms with Gasteiger partial charge < -0.3 is 15.0 Å². The number of amides is 1. The number of aromatic nitrogens is 2. The molecule has 1 N–H and O–H groups in total. The van der Waals surface area contributed by atoms with Gasteiger partial charge in [-0.15, -0.1) is 0 Å². The van der Waals surface area contributed by atoms with Crippen LogP contribution in [-0.4, -0.2) is 40.5 Å². The highest BCUT2D eigenvalue weighted by Crippen LogP contribution is 2.32. The normalized spacial score (nSPS) is 16.9. The first-order chi connectivity index (χ1) is 13.0. The molecule has 1 amide bonds. The first-order valence-corrected chi connectivity index (χ1v) is 9.65. The number of nitrogens with zero attached hydrogens (tertiary/aromatic N) is 3. The highest BCUT2D eigenvalue weighted by Gasteiger charge is 2.27. The molecule has 1 saturated heterocycles. The summed E-state index contributed by atoms with van der Waals surface area (Å²) in [5, 5.41) is 3.84. The second-order valence-electron chi connectivity index (χ2n) is 6.77. The van der Waals surface area contributed by atoms with Crippen LogP contribution >= 0.6 is 11.6 Å². The zero-order valence-electron chi connectivity index (χ0n) is 16.0. The van der Waals surface area contributed by atoms with E-state index in [0.29, 0.717) is 22.3 Å². The van der Waals surface area contributed by atoms with Crippen molar-refractivity contribution in [3.8, 4) is 5.75 Å². The fraction of sp³-hybridized carbons (Fsp3) is 0.450. The number of piperidine rings is 1. The summed E-state index contributed by atoms with van der Waals surface area (Å²) in [7, 11) is 1.59. The molecule has 1 fully saturated rings. The van der Waals surface area contributed by atoms with Gasteiger partial charge in [-0.05, 0) is 44.2 Å². The molecule has 3 rings (SSSR count). The highest BCUT2D eigenvalue weighted by molar-refractivity contribution is 6.31. The van der Waals surface area contributed by atoms with Crippen LogP contribution in [0.3, 0.4) is 0 Å². The lowest BCUT2D eigenvalue weighted by atomic mass is 9.99. The van der Waals surface area contributed by atoms with Crippen LogP contribution in [-0.2, 0) is 0 Å². The van der Waals surface area contributed by atoms with Crippen molar-refractivity contribution >= 4 is 29.0 Å². The molecule has 2 aromatic rings. The molecule has 144 valence electrons. The number of likely N-dealkylation sites (tertiary alicyclic amines) is 1. The van der Waals surface area contributed by atoms with Gasteiger partial charge in [-0.3, -0.25) is 4.79 Å². The Kier molecular flexibility index (Phi) is 6.16. The van der Waals surface area contributed by atoms with Crippen molar-refractivity contribution in [3.05, 3.63) is 40.8 Å². The molecule has 1 aliphatic rings. The quantitative estimate of drug-likeness (QED) is 0.810. The van der Waals surface area contributed by atoms with Crippen molar-refractivity contribution in [3.63, 3.8) is 0 Å². The van der Waals surface area contributed by atoms with Crippen molar-refractivity contribution in [2.75, 3.05) is 19.0 Å². The summed E-state index contributed by atoms with van der Waals surface area (Å²) in [5.74, 6) is 1.11. The van der Waals surface area contributed by atoms with E-state index in [9.17, 15) is 4.79 Å². The van der Waals surface area contributed by atoms with E-state index in [-0.39, 0.29) is 11.9 Å². The fourth-order valence-electron chi connectivity index (χ4n) is 3.45. The average Bonchev–Trinajstić information content (AvgIpc) is 2.70. The van der Waals surface area contributed by atoms with Gasteiger partial charge in [0.1, 0.15) is 23.6 Å². The molecule has 0 spiro atoms. The molecule has 1 aromatic heterocycles. The van der Waals surface area contributed by atoms with Crippen LogP contribution in [0.15, 0.2) is 24.5 Å². The van der Waals surface area contributed by atoms with Gasteiger partial charge in [-0.25, -0.2) is 9.97 Å². The van der Waals surface area contributed by atoms with E-state index in [1.54, 1.807) is 19.2 Å². The molecular formula is C20H25ClN4O2. The maximum Gasteiger partial charge on any atom is 0.272 e. The molecule has 0 aliphatic carbocycles. The number of hydrogen-bond donors (Lipinski definition) is 1. The minimum absolute atomic E-state index is 0.0359. The van der Waals surface area contributed by atoms with Gasteiger partial charge in [0.25, 0.3) is 5.91 Å². The number of hydrogen-bond acceptors (Lipinski definition) is 5. The van der Waals surface area contributed by atoms with Crippen molar-refractivity contribution in [1.29, 1.82) is 0 Å². The Balaban J connectivity index is 1.84. The lowest BCUT2D eigenvalue weighted by Gasteiger charge is -2.35. The zero-order valence-corrected chi connectivity index (χ0v) is 16.7. The molecule has 1 atom stereocenters. The summed E-state index contributed by atoms with van der Waals surface area (Å²) >= 11 is 6.16. The number of carbonyl (C=O) groups excluding carboxylic acids is 1. The first kappa shape index (κ1) is 19.4. The summed E-state index contributed by atoms with van der Waals surface area (Å²) in [4.78, 5) is 23.4. The Bertz CT molecular complexity index is 828. The highest BCUT2D eigenvalue weighted by atomic mass is 35.5. The minimum Gasteiger partial charge on any atom is -0.495 e. The first-order valence-electron chi connectivity index (χ1n) is 9.27. The third kappa shape index (κ3) is 4.33. The number of carbonyl (C=O) groups is 1. The van der Waals surface area contributed by atoms with Gasteiger partial charge in [-0.1, -0.05) is 18.5 Å². The summed E-state index contributed by atoms with van der Waals surface area (Å²) in [6.45, 7) is 4.83. The van der Waals surface area contributed by atoms with Crippen LogP contribution in [0, 0.1) is 6.92 Å². The summed E-state index contributed by atoms with van der Waals surface area (Å²) in [6.07, 6.45) is 5.65.